The number of piperidine rings is 1. The number of carbonyl (C=O) groups excluding carboxylic acids is 1. The molecule has 1 amide bonds. The Morgan fingerprint density at radius 1 is 1.50 bits per heavy atom. The first-order chi connectivity index (χ1) is 8.58. The molecule has 1 aromatic carbocycles. The number of aryl methyl sites for hydroxylation is 1. The summed E-state index contributed by atoms with van der Waals surface area (Å²) in [6, 6.07) is 5.52. The average molecular weight is 267 g/mol. The summed E-state index contributed by atoms with van der Waals surface area (Å²) in [6.07, 6.45) is 2.22. The lowest BCUT2D eigenvalue weighted by Crippen LogP contribution is -2.48. The lowest BCUT2D eigenvalue weighted by atomic mass is 9.92. The summed E-state index contributed by atoms with van der Waals surface area (Å²) in [5.74, 6) is 0.372. The number of rotatable bonds is 2. The largest absolute Gasteiger partial charge is 0.323 e. The van der Waals surface area contributed by atoms with Crippen molar-refractivity contribution in [3.8, 4) is 0 Å². The van der Waals surface area contributed by atoms with Crippen LogP contribution in [0.2, 0.25) is 5.02 Å². The van der Waals surface area contributed by atoms with Crippen LogP contribution in [0.15, 0.2) is 18.2 Å². The number of hydrogen-bond acceptors (Lipinski definition) is 2. The number of carbonyl (C=O) groups is 1. The number of nitrogens with one attached hydrogen (secondary N) is 2. The molecule has 1 heterocycles. The van der Waals surface area contributed by atoms with Crippen molar-refractivity contribution < 1.29 is 4.79 Å². The lowest BCUT2D eigenvalue weighted by molar-refractivity contribution is -0.119. The molecule has 1 aliphatic rings. The van der Waals surface area contributed by atoms with Crippen molar-refractivity contribution in [2.75, 3.05) is 11.9 Å². The van der Waals surface area contributed by atoms with Gasteiger partial charge in [0.25, 0.3) is 0 Å². The van der Waals surface area contributed by atoms with Crippen LogP contribution in [0.4, 0.5) is 5.69 Å². The van der Waals surface area contributed by atoms with E-state index < -0.39 is 0 Å². The topological polar surface area (TPSA) is 41.1 Å². The van der Waals surface area contributed by atoms with Crippen LogP contribution in [0.5, 0.6) is 0 Å². The molecule has 0 bridgehead atoms. The minimum atomic E-state index is -0.115. The molecule has 18 heavy (non-hydrogen) atoms. The Morgan fingerprint density at radius 2 is 2.28 bits per heavy atom. The Kier molecular flexibility index (Phi) is 4.25. The summed E-state index contributed by atoms with van der Waals surface area (Å²) in [5.41, 5.74) is 1.78. The van der Waals surface area contributed by atoms with Gasteiger partial charge in [-0.2, -0.15) is 0 Å². The van der Waals surface area contributed by atoms with Crippen LogP contribution in [0.3, 0.4) is 0 Å². The van der Waals surface area contributed by atoms with Gasteiger partial charge < -0.3 is 10.6 Å². The van der Waals surface area contributed by atoms with Crippen LogP contribution < -0.4 is 10.6 Å². The molecule has 2 rings (SSSR count). The number of halogens is 1. The van der Waals surface area contributed by atoms with E-state index >= 15 is 0 Å². The van der Waals surface area contributed by atoms with Gasteiger partial charge in [-0.3, -0.25) is 4.79 Å². The molecule has 1 saturated heterocycles. The Balaban J connectivity index is 2.08. The highest BCUT2D eigenvalue weighted by atomic mass is 35.5. The van der Waals surface area contributed by atoms with E-state index in [-0.39, 0.29) is 11.9 Å². The molecule has 2 unspecified atom stereocenters. The maximum atomic E-state index is 12.2. The normalized spacial score (nSPS) is 23.7. The van der Waals surface area contributed by atoms with E-state index in [4.69, 9.17) is 11.6 Å². The molecular weight excluding hydrogens is 248 g/mol. The first kappa shape index (κ1) is 13.4. The fraction of sp³-hybridized carbons (Fsp3) is 0.500. The van der Waals surface area contributed by atoms with Gasteiger partial charge in [-0.25, -0.2) is 0 Å². The zero-order valence-corrected chi connectivity index (χ0v) is 11.6. The van der Waals surface area contributed by atoms with E-state index in [1.54, 1.807) is 0 Å². The van der Waals surface area contributed by atoms with Gasteiger partial charge >= 0.3 is 0 Å². The smallest absolute Gasteiger partial charge is 0.241 e. The minimum absolute atomic E-state index is 0.00898. The Bertz CT molecular complexity index is 447. The lowest BCUT2D eigenvalue weighted by Gasteiger charge is -2.29. The summed E-state index contributed by atoms with van der Waals surface area (Å²) in [4.78, 5) is 12.2. The van der Waals surface area contributed by atoms with Crippen molar-refractivity contribution in [2.24, 2.45) is 5.92 Å². The fourth-order valence-corrected chi connectivity index (χ4v) is 2.51. The van der Waals surface area contributed by atoms with Crippen molar-refractivity contribution in [3.63, 3.8) is 0 Å². The first-order valence-electron chi connectivity index (χ1n) is 6.38. The molecule has 1 fully saturated rings. The van der Waals surface area contributed by atoms with Crippen molar-refractivity contribution in [1.82, 2.24) is 5.32 Å². The van der Waals surface area contributed by atoms with Gasteiger partial charge in [0.1, 0.15) is 0 Å². The molecule has 3 nitrogen and oxygen atoms in total. The molecule has 2 N–H and O–H groups in total. The zero-order valence-electron chi connectivity index (χ0n) is 10.8. The molecule has 98 valence electrons. The zero-order chi connectivity index (χ0) is 13.1. The number of benzene rings is 1. The van der Waals surface area contributed by atoms with Crippen LogP contribution in [-0.2, 0) is 4.79 Å². The second-order valence-corrected chi connectivity index (χ2v) is 5.43. The molecule has 2 atom stereocenters. The number of hydrogen-bond donors (Lipinski definition) is 2. The minimum Gasteiger partial charge on any atom is -0.323 e. The van der Waals surface area contributed by atoms with Gasteiger partial charge in [-0.15, -0.1) is 0 Å². The third-order valence-electron chi connectivity index (χ3n) is 3.43. The second kappa shape index (κ2) is 5.72. The Hall–Kier alpha value is -1.06. The van der Waals surface area contributed by atoms with Gasteiger partial charge in [0.15, 0.2) is 0 Å². The number of amides is 1. The van der Waals surface area contributed by atoms with Crippen molar-refractivity contribution >= 4 is 23.2 Å². The molecule has 0 aliphatic carbocycles. The summed E-state index contributed by atoms with van der Waals surface area (Å²) < 4.78 is 0. The number of anilines is 1. The Morgan fingerprint density at radius 3 is 3.00 bits per heavy atom. The summed E-state index contributed by atoms with van der Waals surface area (Å²) in [7, 11) is 0. The standard InChI is InChI=1S/C14H19ClN2O/c1-9-5-6-11(15)12(8-9)17-14(18)13-10(2)4-3-7-16-13/h5-6,8,10,13,16H,3-4,7H2,1-2H3,(H,17,18). The summed E-state index contributed by atoms with van der Waals surface area (Å²) >= 11 is 6.08. The van der Waals surface area contributed by atoms with Crippen LogP contribution in [0.25, 0.3) is 0 Å². The molecule has 0 radical (unpaired) electrons. The quantitative estimate of drug-likeness (QED) is 0.864. The van der Waals surface area contributed by atoms with Gasteiger partial charge in [0.2, 0.25) is 5.91 Å². The van der Waals surface area contributed by atoms with E-state index in [0.29, 0.717) is 16.6 Å². The van der Waals surface area contributed by atoms with Crippen LogP contribution >= 0.6 is 11.6 Å². The molecule has 0 aromatic heterocycles. The highest BCUT2D eigenvalue weighted by Crippen LogP contribution is 2.24. The van der Waals surface area contributed by atoms with Crippen molar-refractivity contribution in [1.29, 1.82) is 0 Å². The third kappa shape index (κ3) is 3.03. The van der Waals surface area contributed by atoms with Crippen LogP contribution in [0.1, 0.15) is 25.3 Å². The molecule has 0 saturated carbocycles. The molecular formula is C14H19ClN2O. The summed E-state index contributed by atoms with van der Waals surface area (Å²) in [5, 5.41) is 6.77. The predicted molar refractivity (Wildman–Crippen MR) is 75.0 cm³/mol. The summed E-state index contributed by atoms with van der Waals surface area (Å²) in [6.45, 7) is 4.99. The highest BCUT2D eigenvalue weighted by molar-refractivity contribution is 6.33. The third-order valence-corrected chi connectivity index (χ3v) is 3.76. The van der Waals surface area contributed by atoms with Crippen molar-refractivity contribution in [3.05, 3.63) is 28.8 Å². The van der Waals surface area contributed by atoms with Crippen molar-refractivity contribution in [2.45, 2.75) is 32.7 Å². The van der Waals surface area contributed by atoms with Gasteiger partial charge in [0.05, 0.1) is 16.8 Å². The average Bonchev–Trinajstić information content (AvgIpc) is 2.34. The molecule has 0 spiro atoms. The van der Waals surface area contributed by atoms with E-state index in [0.717, 1.165) is 24.9 Å². The second-order valence-electron chi connectivity index (χ2n) is 5.02. The molecule has 1 aromatic rings. The van der Waals surface area contributed by atoms with Crippen LogP contribution in [0, 0.1) is 12.8 Å². The van der Waals surface area contributed by atoms with E-state index in [9.17, 15) is 4.79 Å². The first-order valence-corrected chi connectivity index (χ1v) is 6.76. The van der Waals surface area contributed by atoms with Gasteiger partial charge in [-0.05, 0) is 49.9 Å². The maximum Gasteiger partial charge on any atom is 0.241 e. The highest BCUT2D eigenvalue weighted by Gasteiger charge is 2.27. The SMILES string of the molecule is Cc1ccc(Cl)c(NC(=O)C2NCCCC2C)c1. The molecule has 4 heteroatoms. The van der Waals surface area contributed by atoms with E-state index in [1.165, 1.54) is 0 Å². The predicted octanol–water partition coefficient (Wildman–Crippen LogP) is 2.98. The van der Waals surface area contributed by atoms with Gasteiger partial charge in [0, 0.05) is 0 Å². The van der Waals surface area contributed by atoms with E-state index in [2.05, 4.69) is 17.6 Å². The maximum absolute atomic E-state index is 12.2. The fourth-order valence-electron chi connectivity index (χ4n) is 2.35. The van der Waals surface area contributed by atoms with Crippen LogP contribution in [-0.4, -0.2) is 18.5 Å². The van der Waals surface area contributed by atoms with Gasteiger partial charge in [-0.1, -0.05) is 24.6 Å². The monoisotopic (exact) mass is 266 g/mol. The molecule has 1 aliphatic heterocycles. The van der Waals surface area contributed by atoms with E-state index in [1.807, 2.05) is 25.1 Å². The Labute approximate surface area is 113 Å².